The first-order valence-electron chi connectivity index (χ1n) is 5.95. The fraction of sp³-hybridized carbons (Fsp3) is 0.385. The number of hydrogen-bond donors (Lipinski definition) is 2. The average Bonchev–Trinajstić information content (AvgIpc) is 2.34. The zero-order valence-electron chi connectivity index (χ0n) is 10.3. The van der Waals surface area contributed by atoms with Crippen molar-refractivity contribution in [2.24, 2.45) is 0 Å². The van der Waals surface area contributed by atoms with Crippen molar-refractivity contribution in [3.63, 3.8) is 0 Å². The molecule has 0 saturated carbocycles. The summed E-state index contributed by atoms with van der Waals surface area (Å²) < 4.78 is 5.49. The molecule has 1 heterocycles. The number of benzene rings is 1. The lowest BCUT2D eigenvalue weighted by Gasteiger charge is -2.17. The smallest absolute Gasteiger partial charge is 0.224 e. The summed E-state index contributed by atoms with van der Waals surface area (Å²) in [5.41, 5.74) is 1.95. The second kappa shape index (κ2) is 5.53. The standard InChI is InChI=1S/C13H16N2O3/c1-9(16)14-6-7-18-11-4-2-10-3-5-13(17)15-12(10)8-11/h2,4,8H,3,5-7H2,1H3,(H,14,16)(H,15,17). The fourth-order valence-electron chi connectivity index (χ4n) is 1.84. The molecule has 1 aromatic rings. The van der Waals surface area contributed by atoms with Crippen molar-refractivity contribution in [1.82, 2.24) is 5.32 Å². The molecule has 5 heteroatoms. The van der Waals surface area contributed by atoms with Crippen LogP contribution in [-0.4, -0.2) is 25.0 Å². The SMILES string of the molecule is CC(=O)NCCOc1ccc2c(c1)NC(=O)CC2. The molecule has 1 aliphatic rings. The number of carbonyl (C=O) groups is 2. The molecule has 0 aromatic heterocycles. The summed E-state index contributed by atoms with van der Waals surface area (Å²) in [5.74, 6) is 0.663. The Morgan fingerprint density at radius 3 is 3.06 bits per heavy atom. The van der Waals surface area contributed by atoms with Gasteiger partial charge in [0.15, 0.2) is 0 Å². The van der Waals surface area contributed by atoms with E-state index in [1.54, 1.807) is 0 Å². The van der Waals surface area contributed by atoms with Gasteiger partial charge in [0, 0.05) is 25.1 Å². The lowest BCUT2D eigenvalue weighted by molar-refractivity contribution is -0.119. The first-order valence-corrected chi connectivity index (χ1v) is 5.95. The number of aryl methyl sites for hydroxylation is 1. The zero-order valence-corrected chi connectivity index (χ0v) is 10.3. The quantitative estimate of drug-likeness (QED) is 0.784. The van der Waals surface area contributed by atoms with Gasteiger partial charge in [-0.25, -0.2) is 0 Å². The Bertz CT molecular complexity index is 471. The van der Waals surface area contributed by atoms with Gasteiger partial charge in [-0.1, -0.05) is 6.07 Å². The maximum atomic E-state index is 11.3. The predicted molar refractivity (Wildman–Crippen MR) is 67.6 cm³/mol. The van der Waals surface area contributed by atoms with Crippen LogP contribution in [0.25, 0.3) is 0 Å². The molecule has 1 aliphatic heterocycles. The molecule has 18 heavy (non-hydrogen) atoms. The first-order chi connectivity index (χ1) is 8.65. The van der Waals surface area contributed by atoms with E-state index in [1.165, 1.54) is 6.92 Å². The number of nitrogens with one attached hydrogen (secondary N) is 2. The van der Waals surface area contributed by atoms with Crippen LogP contribution in [-0.2, 0) is 16.0 Å². The summed E-state index contributed by atoms with van der Waals surface area (Å²) >= 11 is 0. The minimum absolute atomic E-state index is 0.0397. The highest BCUT2D eigenvalue weighted by Crippen LogP contribution is 2.26. The van der Waals surface area contributed by atoms with E-state index in [9.17, 15) is 9.59 Å². The molecule has 0 bridgehead atoms. The van der Waals surface area contributed by atoms with Crippen molar-refractivity contribution in [3.05, 3.63) is 23.8 Å². The zero-order chi connectivity index (χ0) is 13.0. The van der Waals surface area contributed by atoms with Crippen LogP contribution in [0.2, 0.25) is 0 Å². The van der Waals surface area contributed by atoms with Gasteiger partial charge in [0.25, 0.3) is 0 Å². The molecule has 0 saturated heterocycles. The third kappa shape index (κ3) is 3.23. The Balaban J connectivity index is 1.92. The topological polar surface area (TPSA) is 67.4 Å². The minimum Gasteiger partial charge on any atom is -0.492 e. The van der Waals surface area contributed by atoms with Gasteiger partial charge in [-0.2, -0.15) is 0 Å². The first kappa shape index (κ1) is 12.4. The highest BCUT2D eigenvalue weighted by molar-refractivity contribution is 5.94. The van der Waals surface area contributed by atoms with Crippen molar-refractivity contribution in [2.45, 2.75) is 19.8 Å². The highest BCUT2D eigenvalue weighted by atomic mass is 16.5. The Labute approximate surface area is 106 Å². The van der Waals surface area contributed by atoms with Crippen molar-refractivity contribution < 1.29 is 14.3 Å². The molecule has 2 rings (SSSR count). The predicted octanol–water partition coefficient (Wildman–Crippen LogP) is 1.09. The lowest BCUT2D eigenvalue weighted by atomic mass is 10.0. The van der Waals surface area contributed by atoms with Gasteiger partial charge in [-0.05, 0) is 18.1 Å². The number of carbonyl (C=O) groups excluding carboxylic acids is 2. The lowest BCUT2D eigenvalue weighted by Crippen LogP contribution is -2.25. The molecule has 0 spiro atoms. The van der Waals surface area contributed by atoms with Gasteiger partial charge in [0.1, 0.15) is 12.4 Å². The van der Waals surface area contributed by atoms with E-state index in [0.717, 1.165) is 17.7 Å². The molecule has 1 aromatic carbocycles. The van der Waals surface area contributed by atoms with Gasteiger partial charge in [0.05, 0.1) is 6.54 Å². The second-order valence-corrected chi connectivity index (χ2v) is 4.20. The van der Waals surface area contributed by atoms with Gasteiger partial charge in [-0.15, -0.1) is 0 Å². The van der Waals surface area contributed by atoms with Gasteiger partial charge >= 0.3 is 0 Å². The summed E-state index contributed by atoms with van der Waals surface area (Å²) in [5, 5.41) is 5.47. The summed E-state index contributed by atoms with van der Waals surface area (Å²) in [6.45, 7) is 2.35. The Kier molecular flexibility index (Phi) is 3.82. The van der Waals surface area contributed by atoms with Crippen molar-refractivity contribution in [2.75, 3.05) is 18.5 Å². The van der Waals surface area contributed by atoms with Gasteiger partial charge in [0.2, 0.25) is 11.8 Å². The van der Waals surface area contributed by atoms with E-state index in [0.29, 0.717) is 25.3 Å². The molecule has 0 fully saturated rings. The third-order valence-corrected chi connectivity index (χ3v) is 2.72. The summed E-state index contributed by atoms with van der Waals surface area (Å²) in [6, 6.07) is 5.66. The largest absolute Gasteiger partial charge is 0.492 e. The van der Waals surface area contributed by atoms with E-state index in [4.69, 9.17) is 4.74 Å². The Hall–Kier alpha value is -2.04. The van der Waals surface area contributed by atoms with Gasteiger partial charge < -0.3 is 15.4 Å². The molecule has 2 N–H and O–H groups in total. The fourth-order valence-corrected chi connectivity index (χ4v) is 1.84. The molecule has 0 atom stereocenters. The van der Waals surface area contributed by atoms with E-state index in [1.807, 2.05) is 18.2 Å². The maximum Gasteiger partial charge on any atom is 0.224 e. The van der Waals surface area contributed by atoms with Crippen LogP contribution in [0.3, 0.4) is 0 Å². The maximum absolute atomic E-state index is 11.3. The van der Waals surface area contributed by atoms with E-state index < -0.39 is 0 Å². The number of rotatable bonds is 4. The van der Waals surface area contributed by atoms with Crippen molar-refractivity contribution >= 4 is 17.5 Å². The minimum atomic E-state index is -0.0729. The average molecular weight is 248 g/mol. The highest BCUT2D eigenvalue weighted by Gasteiger charge is 2.14. The monoisotopic (exact) mass is 248 g/mol. The number of ether oxygens (including phenoxy) is 1. The summed E-state index contributed by atoms with van der Waals surface area (Å²) in [7, 11) is 0. The molecular weight excluding hydrogens is 232 g/mol. The third-order valence-electron chi connectivity index (χ3n) is 2.72. The molecule has 96 valence electrons. The van der Waals surface area contributed by atoms with Crippen LogP contribution in [0.1, 0.15) is 18.9 Å². The van der Waals surface area contributed by atoms with Crippen LogP contribution < -0.4 is 15.4 Å². The van der Waals surface area contributed by atoms with Gasteiger partial charge in [-0.3, -0.25) is 9.59 Å². The van der Waals surface area contributed by atoms with Crippen LogP contribution >= 0.6 is 0 Å². The molecule has 5 nitrogen and oxygen atoms in total. The van der Waals surface area contributed by atoms with Crippen LogP contribution in [0, 0.1) is 0 Å². The van der Waals surface area contributed by atoms with E-state index >= 15 is 0 Å². The normalized spacial score (nSPS) is 13.5. The molecule has 2 amide bonds. The number of amides is 2. The van der Waals surface area contributed by atoms with E-state index in [-0.39, 0.29) is 11.8 Å². The van der Waals surface area contributed by atoms with E-state index in [2.05, 4.69) is 10.6 Å². The number of fused-ring (bicyclic) bond motifs is 1. The summed E-state index contributed by atoms with van der Waals surface area (Å²) in [6.07, 6.45) is 1.31. The molecule has 0 unspecified atom stereocenters. The number of hydrogen-bond acceptors (Lipinski definition) is 3. The number of anilines is 1. The molecule has 0 aliphatic carbocycles. The van der Waals surface area contributed by atoms with Crippen LogP contribution in [0.5, 0.6) is 5.75 Å². The van der Waals surface area contributed by atoms with Crippen LogP contribution in [0.4, 0.5) is 5.69 Å². The Morgan fingerprint density at radius 2 is 2.28 bits per heavy atom. The summed E-state index contributed by atoms with van der Waals surface area (Å²) in [4.78, 5) is 21.9. The van der Waals surface area contributed by atoms with Crippen LogP contribution in [0.15, 0.2) is 18.2 Å². The molecule has 0 radical (unpaired) electrons. The molecular formula is C13H16N2O3. The Morgan fingerprint density at radius 1 is 1.44 bits per heavy atom. The van der Waals surface area contributed by atoms with Crippen molar-refractivity contribution in [1.29, 1.82) is 0 Å². The van der Waals surface area contributed by atoms with Crippen molar-refractivity contribution in [3.8, 4) is 5.75 Å². The second-order valence-electron chi connectivity index (χ2n) is 4.20.